The van der Waals surface area contributed by atoms with Crippen LogP contribution in [0.5, 0.6) is 5.75 Å². The van der Waals surface area contributed by atoms with Gasteiger partial charge in [-0.1, -0.05) is 36.9 Å². The van der Waals surface area contributed by atoms with Crippen LogP contribution in [0, 0.1) is 0 Å². The lowest BCUT2D eigenvalue weighted by molar-refractivity contribution is 0.321. The second kappa shape index (κ2) is 5.32. The minimum absolute atomic E-state index is 0.0146. The molecule has 2 aromatic rings. The third kappa shape index (κ3) is 2.25. The maximum absolute atomic E-state index is 9.55. The van der Waals surface area contributed by atoms with Crippen molar-refractivity contribution in [1.82, 2.24) is 9.88 Å². The number of aromatic hydroxyl groups is 1. The summed E-state index contributed by atoms with van der Waals surface area (Å²) in [5.74, 6) is 0.293. The van der Waals surface area contributed by atoms with Crippen molar-refractivity contribution in [2.45, 2.75) is 24.3 Å². The summed E-state index contributed by atoms with van der Waals surface area (Å²) in [5.41, 5.74) is 2.16. The molecule has 2 aliphatic heterocycles. The van der Waals surface area contributed by atoms with E-state index in [2.05, 4.69) is 16.8 Å². The van der Waals surface area contributed by atoms with Crippen LogP contribution in [0.15, 0.2) is 53.7 Å². The summed E-state index contributed by atoms with van der Waals surface area (Å²) < 4.78 is 0. The van der Waals surface area contributed by atoms with Crippen LogP contribution in [0.3, 0.4) is 0 Å². The standard InChI is InChI=1S/C17H17N3OS/c1-11-10-20-16(12-5-7-13(21)8-6-12)15(19-17(20)22-11)14-4-2-3-9-18-14/h2-9,11,15-16,21H,10H2,1H3/t11-,15-,16+/m1/s1. The molecule has 0 radical (unpaired) electrons. The van der Waals surface area contributed by atoms with Crippen LogP contribution < -0.4 is 0 Å². The number of phenols is 1. The van der Waals surface area contributed by atoms with Crippen LogP contribution in [-0.4, -0.2) is 32.0 Å². The van der Waals surface area contributed by atoms with E-state index in [9.17, 15) is 5.11 Å². The maximum atomic E-state index is 9.55. The molecule has 3 atom stereocenters. The number of hydrogen-bond donors (Lipinski definition) is 1. The number of phenolic OH excluding ortho intramolecular Hbond substituents is 1. The molecular formula is C17H17N3OS. The van der Waals surface area contributed by atoms with E-state index in [0.717, 1.165) is 17.4 Å². The molecule has 1 aromatic carbocycles. The Kier molecular flexibility index (Phi) is 3.30. The van der Waals surface area contributed by atoms with Crippen molar-refractivity contribution in [3.63, 3.8) is 0 Å². The SMILES string of the molecule is C[C@@H]1CN2C(=N[C@H](c3ccccn3)[C@@H]2c2ccc(O)cc2)S1. The highest BCUT2D eigenvalue weighted by Gasteiger charge is 2.43. The average Bonchev–Trinajstić information content (AvgIpc) is 3.05. The number of amidine groups is 1. The van der Waals surface area contributed by atoms with E-state index in [1.165, 1.54) is 5.56 Å². The third-order valence-corrected chi connectivity index (χ3v) is 5.22. The van der Waals surface area contributed by atoms with E-state index >= 15 is 0 Å². The van der Waals surface area contributed by atoms with Crippen LogP contribution in [0.4, 0.5) is 0 Å². The Morgan fingerprint density at radius 2 is 2.00 bits per heavy atom. The molecule has 0 bridgehead atoms. The minimum atomic E-state index is 0.0146. The summed E-state index contributed by atoms with van der Waals surface area (Å²) in [5, 5.41) is 11.2. The molecule has 0 unspecified atom stereocenters. The molecule has 5 heteroatoms. The summed E-state index contributed by atoms with van der Waals surface area (Å²) in [7, 11) is 0. The van der Waals surface area contributed by atoms with E-state index in [0.29, 0.717) is 11.0 Å². The Bertz CT molecular complexity index is 702. The van der Waals surface area contributed by atoms with Gasteiger partial charge in [0, 0.05) is 18.0 Å². The largest absolute Gasteiger partial charge is 0.508 e. The molecule has 0 spiro atoms. The van der Waals surface area contributed by atoms with Crippen LogP contribution in [-0.2, 0) is 0 Å². The smallest absolute Gasteiger partial charge is 0.160 e. The lowest BCUT2D eigenvalue weighted by Crippen LogP contribution is -2.28. The van der Waals surface area contributed by atoms with E-state index in [4.69, 9.17) is 4.99 Å². The van der Waals surface area contributed by atoms with Crippen LogP contribution in [0.25, 0.3) is 0 Å². The number of nitrogens with zero attached hydrogens (tertiary/aromatic N) is 3. The summed E-state index contributed by atoms with van der Waals surface area (Å²) in [6.07, 6.45) is 1.82. The zero-order valence-electron chi connectivity index (χ0n) is 12.3. The second-order valence-corrected chi connectivity index (χ2v) is 7.13. The van der Waals surface area contributed by atoms with Gasteiger partial charge in [-0.2, -0.15) is 0 Å². The number of pyridine rings is 1. The lowest BCUT2D eigenvalue weighted by Gasteiger charge is -2.27. The summed E-state index contributed by atoms with van der Waals surface area (Å²) in [4.78, 5) is 11.8. The fourth-order valence-corrected chi connectivity index (χ4v) is 4.24. The molecule has 2 aliphatic rings. The van der Waals surface area contributed by atoms with Crippen LogP contribution in [0.2, 0.25) is 0 Å². The van der Waals surface area contributed by atoms with Gasteiger partial charge in [0.15, 0.2) is 5.17 Å². The zero-order chi connectivity index (χ0) is 15.1. The zero-order valence-corrected chi connectivity index (χ0v) is 13.1. The quantitative estimate of drug-likeness (QED) is 0.924. The number of thioether (sulfide) groups is 1. The Hall–Kier alpha value is -2.01. The molecular weight excluding hydrogens is 294 g/mol. The van der Waals surface area contributed by atoms with Crippen molar-refractivity contribution in [2.24, 2.45) is 4.99 Å². The van der Waals surface area contributed by atoms with Crippen LogP contribution in [0.1, 0.15) is 30.3 Å². The molecule has 1 N–H and O–H groups in total. The van der Waals surface area contributed by atoms with E-state index in [1.54, 1.807) is 12.1 Å². The number of aromatic nitrogens is 1. The Morgan fingerprint density at radius 3 is 2.73 bits per heavy atom. The highest BCUT2D eigenvalue weighted by Crippen LogP contribution is 2.47. The number of hydrogen-bond acceptors (Lipinski definition) is 5. The average molecular weight is 311 g/mol. The number of benzene rings is 1. The van der Waals surface area contributed by atoms with Crippen LogP contribution >= 0.6 is 11.8 Å². The molecule has 112 valence electrons. The summed E-state index contributed by atoms with van der Waals surface area (Å²) in [6, 6.07) is 13.6. The molecule has 4 nitrogen and oxygen atoms in total. The van der Waals surface area contributed by atoms with Crippen molar-refractivity contribution in [3.8, 4) is 5.75 Å². The van der Waals surface area contributed by atoms with E-state index in [-0.39, 0.29) is 12.1 Å². The Labute approximate surface area is 133 Å². The van der Waals surface area contributed by atoms with Gasteiger partial charge in [-0.05, 0) is 29.8 Å². The Balaban J connectivity index is 1.76. The van der Waals surface area contributed by atoms with Crippen molar-refractivity contribution < 1.29 is 5.11 Å². The highest BCUT2D eigenvalue weighted by molar-refractivity contribution is 8.14. The summed E-state index contributed by atoms with van der Waals surface area (Å²) in [6.45, 7) is 3.23. The molecule has 0 saturated carbocycles. The molecule has 0 amide bonds. The predicted octanol–water partition coefficient (Wildman–Crippen LogP) is 3.38. The predicted molar refractivity (Wildman–Crippen MR) is 89.0 cm³/mol. The maximum Gasteiger partial charge on any atom is 0.160 e. The fraction of sp³-hybridized carbons (Fsp3) is 0.294. The second-order valence-electron chi connectivity index (χ2n) is 5.73. The van der Waals surface area contributed by atoms with Gasteiger partial charge >= 0.3 is 0 Å². The van der Waals surface area contributed by atoms with Crippen molar-refractivity contribution in [1.29, 1.82) is 0 Å². The topological polar surface area (TPSA) is 48.7 Å². The first-order chi connectivity index (χ1) is 10.7. The molecule has 4 rings (SSSR count). The molecule has 1 fully saturated rings. The molecule has 3 heterocycles. The fourth-order valence-electron chi connectivity index (χ4n) is 3.15. The monoisotopic (exact) mass is 311 g/mol. The van der Waals surface area contributed by atoms with Crippen molar-refractivity contribution in [2.75, 3.05) is 6.54 Å². The number of rotatable bonds is 2. The first kappa shape index (κ1) is 13.6. The molecule has 1 saturated heterocycles. The van der Waals surface area contributed by atoms with Gasteiger partial charge in [-0.15, -0.1) is 0 Å². The third-order valence-electron chi connectivity index (χ3n) is 4.12. The lowest BCUT2D eigenvalue weighted by atomic mass is 9.96. The van der Waals surface area contributed by atoms with Gasteiger partial charge in [0.1, 0.15) is 11.8 Å². The molecule has 22 heavy (non-hydrogen) atoms. The highest BCUT2D eigenvalue weighted by atomic mass is 32.2. The summed E-state index contributed by atoms with van der Waals surface area (Å²) >= 11 is 1.83. The first-order valence-corrected chi connectivity index (χ1v) is 8.31. The van der Waals surface area contributed by atoms with Gasteiger partial charge in [-0.3, -0.25) is 9.98 Å². The van der Waals surface area contributed by atoms with Gasteiger partial charge in [0.25, 0.3) is 0 Å². The normalized spacial score (nSPS) is 26.9. The van der Waals surface area contributed by atoms with E-state index < -0.39 is 0 Å². The molecule has 0 aliphatic carbocycles. The number of fused-ring (bicyclic) bond motifs is 1. The minimum Gasteiger partial charge on any atom is -0.508 e. The van der Waals surface area contributed by atoms with Gasteiger partial charge < -0.3 is 10.0 Å². The first-order valence-electron chi connectivity index (χ1n) is 7.43. The number of aliphatic imine (C=N–C) groups is 1. The molecule has 1 aromatic heterocycles. The Morgan fingerprint density at radius 1 is 1.18 bits per heavy atom. The van der Waals surface area contributed by atoms with Crippen molar-refractivity contribution in [3.05, 3.63) is 59.9 Å². The van der Waals surface area contributed by atoms with Gasteiger partial charge in [0.05, 0.1) is 11.7 Å². The van der Waals surface area contributed by atoms with Gasteiger partial charge in [0.2, 0.25) is 0 Å². The van der Waals surface area contributed by atoms with E-state index in [1.807, 2.05) is 48.3 Å². The van der Waals surface area contributed by atoms with Crippen molar-refractivity contribution >= 4 is 16.9 Å². The van der Waals surface area contributed by atoms with Gasteiger partial charge in [-0.25, -0.2) is 0 Å².